The fourth-order valence-electron chi connectivity index (χ4n) is 2.08. The van der Waals surface area contributed by atoms with Crippen molar-refractivity contribution in [3.8, 4) is 0 Å². The fourth-order valence-corrected chi connectivity index (χ4v) is 2.08. The van der Waals surface area contributed by atoms with Crippen molar-refractivity contribution in [2.75, 3.05) is 13.2 Å². The van der Waals surface area contributed by atoms with Crippen molar-refractivity contribution in [3.63, 3.8) is 0 Å². The van der Waals surface area contributed by atoms with E-state index in [2.05, 4.69) is 31.3 Å². The van der Waals surface area contributed by atoms with E-state index < -0.39 is 0 Å². The third-order valence-electron chi connectivity index (χ3n) is 3.42. The van der Waals surface area contributed by atoms with Gasteiger partial charge in [-0.2, -0.15) is 0 Å². The van der Waals surface area contributed by atoms with Gasteiger partial charge in [-0.1, -0.05) is 0 Å². The Morgan fingerprint density at radius 1 is 1.24 bits per heavy atom. The van der Waals surface area contributed by atoms with Crippen molar-refractivity contribution in [2.24, 2.45) is 7.05 Å². The van der Waals surface area contributed by atoms with Gasteiger partial charge in [-0.15, -0.1) is 0 Å². The number of carboxylic acid groups (broad SMARTS) is 2. The summed E-state index contributed by atoms with van der Waals surface area (Å²) in [5, 5.41) is 23.0. The Bertz CT molecular complexity index is 606. The highest BCUT2D eigenvalue weighted by Gasteiger charge is 2.13. The Hall–Kier alpha value is -2.72. The molecule has 2 aromatic rings. The zero-order valence-corrected chi connectivity index (χ0v) is 14.6. The molecule has 0 spiro atoms. The molecule has 140 valence electrons. The van der Waals surface area contributed by atoms with Gasteiger partial charge < -0.3 is 24.9 Å². The Balaban J connectivity index is 0.000000844. The van der Waals surface area contributed by atoms with Gasteiger partial charge in [0.1, 0.15) is 11.6 Å². The van der Waals surface area contributed by atoms with Gasteiger partial charge in [0, 0.05) is 31.7 Å². The van der Waals surface area contributed by atoms with E-state index in [0.717, 1.165) is 17.3 Å². The zero-order chi connectivity index (χ0) is 19.2. The van der Waals surface area contributed by atoms with Crippen LogP contribution in [0.2, 0.25) is 0 Å². The van der Waals surface area contributed by atoms with E-state index in [0.29, 0.717) is 19.6 Å². The van der Waals surface area contributed by atoms with Crippen LogP contribution in [-0.2, 0) is 29.7 Å². The maximum atomic E-state index is 9.17. The SMILES string of the molecule is Cc1nc(CN(CCO)Cc2ncc[nH]2)n(C)c1C.O=CO.O=CO. The summed E-state index contributed by atoms with van der Waals surface area (Å²) < 4.78 is 2.10. The number of nitrogens with one attached hydrogen (secondary N) is 1. The minimum absolute atomic E-state index is 0.128. The maximum absolute atomic E-state index is 9.17. The van der Waals surface area contributed by atoms with Gasteiger partial charge in [-0.25, -0.2) is 9.97 Å². The molecule has 0 atom stereocenters. The molecule has 2 rings (SSSR count). The van der Waals surface area contributed by atoms with Crippen molar-refractivity contribution >= 4 is 12.9 Å². The molecule has 0 fully saturated rings. The molecule has 10 nitrogen and oxygen atoms in total. The number of aliphatic hydroxyl groups excluding tert-OH is 1. The summed E-state index contributed by atoms with van der Waals surface area (Å²) in [5.41, 5.74) is 2.23. The molecule has 25 heavy (non-hydrogen) atoms. The average molecular weight is 355 g/mol. The lowest BCUT2D eigenvalue weighted by molar-refractivity contribution is -0.123. The van der Waals surface area contributed by atoms with Crippen molar-refractivity contribution in [1.29, 1.82) is 0 Å². The molecule has 0 aromatic carbocycles. The van der Waals surface area contributed by atoms with E-state index >= 15 is 0 Å². The second-order valence-corrected chi connectivity index (χ2v) is 4.94. The second kappa shape index (κ2) is 12.7. The number of rotatable bonds is 6. The van der Waals surface area contributed by atoms with Gasteiger partial charge >= 0.3 is 0 Å². The Kier molecular flexibility index (Phi) is 11.3. The van der Waals surface area contributed by atoms with E-state index in [1.54, 1.807) is 6.20 Å². The Morgan fingerprint density at radius 2 is 1.84 bits per heavy atom. The number of aryl methyl sites for hydroxylation is 1. The van der Waals surface area contributed by atoms with Crippen LogP contribution >= 0.6 is 0 Å². The van der Waals surface area contributed by atoms with Crippen LogP contribution in [0.15, 0.2) is 12.4 Å². The van der Waals surface area contributed by atoms with Crippen molar-refractivity contribution in [1.82, 2.24) is 24.4 Å². The lowest BCUT2D eigenvalue weighted by atomic mass is 10.4. The van der Waals surface area contributed by atoms with Gasteiger partial charge in [0.2, 0.25) is 0 Å². The molecule has 0 unspecified atom stereocenters. The first-order valence-corrected chi connectivity index (χ1v) is 7.41. The predicted molar refractivity (Wildman–Crippen MR) is 89.9 cm³/mol. The van der Waals surface area contributed by atoms with Crippen LogP contribution in [0.1, 0.15) is 23.0 Å². The number of nitrogens with zero attached hydrogens (tertiary/aromatic N) is 4. The molecule has 0 saturated carbocycles. The largest absolute Gasteiger partial charge is 0.483 e. The van der Waals surface area contributed by atoms with Crippen molar-refractivity contribution in [3.05, 3.63) is 35.4 Å². The summed E-state index contributed by atoms with van der Waals surface area (Å²) >= 11 is 0. The van der Waals surface area contributed by atoms with E-state index in [9.17, 15) is 5.11 Å². The monoisotopic (exact) mass is 355 g/mol. The van der Waals surface area contributed by atoms with E-state index in [1.165, 1.54) is 5.69 Å². The highest BCUT2D eigenvalue weighted by Crippen LogP contribution is 2.11. The quantitative estimate of drug-likeness (QED) is 0.536. The number of aromatic amines is 1. The summed E-state index contributed by atoms with van der Waals surface area (Å²) in [5.74, 6) is 1.91. The van der Waals surface area contributed by atoms with Crippen LogP contribution in [0.5, 0.6) is 0 Å². The summed E-state index contributed by atoms with van der Waals surface area (Å²) in [6, 6.07) is 0. The highest BCUT2D eigenvalue weighted by atomic mass is 16.3. The van der Waals surface area contributed by atoms with Crippen molar-refractivity contribution < 1.29 is 24.9 Å². The summed E-state index contributed by atoms with van der Waals surface area (Å²) in [6.45, 7) is 5.69. The number of imidazole rings is 2. The average Bonchev–Trinajstić information content (AvgIpc) is 3.14. The summed E-state index contributed by atoms with van der Waals surface area (Å²) in [7, 11) is 2.02. The number of carbonyl (C=O) groups is 2. The van der Waals surface area contributed by atoms with Crippen molar-refractivity contribution in [2.45, 2.75) is 26.9 Å². The molecule has 0 bridgehead atoms. The van der Waals surface area contributed by atoms with Crippen LogP contribution in [0.4, 0.5) is 0 Å². The molecule has 0 saturated heterocycles. The number of aliphatic hydroxyl groups is 1. The molecule has 0 radical (unpaired) electrons. The van der Waals surface area contributed by atoms with Crippen LogP contribution < -0.4 is 0 Å². The number of hydrogen-bond donors (Lipinski definition) is 4. The topological polar surface area (TPSA) is 145 Å². The minimum Gasteiger partial charge on any atom is -0.483 e. The predicted octanol–water partition coefficient (Wildman–Crippen LogP) is 0.156. The fraction of sp³-hybridized carbons (Fsp3) is 0.467. The molecule has 0 aliphatic heterocycles. The normalized spacial score (nSPS) is 9.64. The van der Waals surface area contributed by atoms with Crippen LogP contribution in [-0.4, -0.2) is 65.8 Å². The third-order valence-corrected chi connectivity index (χ3v) is 3.42. The molecule has 0 aliphatic rings. The van der Waals surface area contributed by atoms with Gasteiger partial charge in [-0.3, -0.25) is 14.5 Å². The number of aromatic nitrogens is 4. The molecular formula is C15H25N5O5. The first-order chi connectivity index (χ1) is 11.9. The molecule has 2 aromatic heterocycles. The van der Waals surface area contributed by atoms with Crippen LogP contribution in [0.25, 0.3) is 0 Å². The van der Waals surface area contributed by atoms with Gasteiger partial charge in [0.05, 0.1) is 25.4 Å². The van der Waals surface area contributed by atoms with Gasteiger partial charge in [-0.05, 0) is 13.8 Å². The molecule has 0 amide bonds. The van der Waals surface area contributed by atoms with E-state index in [-0.39, 0.29) is 19.6 Å². The zero-order valence-electron chi connectivity index (χ0n) is 14.6. The number of H-pyrrole nitrogens is 1. The first kappa shape index (κ1) is 22.3. The Morgan fingerprint density at radius 3 is 2.24 bits per heavy atom. The molecule has 4 N–H and O–H groups in total. The summed E-state index contributed by atoms with van der Waals surface area (Å²) in [4.78, 5) is 30.7. The van der Waals surface area contributed by atoms with Gasteiger partial charge in [0.15, 0.2) is 0 Å². The van der Waals surface area contributed by atoms with E-state index in [1.807, 2.05) is 20.2 Å². The summed E-state index contributed by atoms with van der Waals surface area (Å²) in [6.07, 6.45) is 3.54. The third kappa shape index (κ3) is 8.08. The second-order valence-electron chi connectivity index (χ2n) is 4.94. The van der Waals surface area contributed by atoms with Gasteiger partial charge in [0.25, 0.3) is 12.9 Å². The van der Waals surface area contributed by atoms with E-state index in [4.69, 9.17) is 19.8 Å². The minimum atomic E-state index is -0.250. The molecular weight excluding hydrogens is 330 g/mol. The highest BCUT2D eigenvalue weighted by molar-refractivity contribution is 5.33. The lowest BCUT2D eigenvalue weighted by Gasteiger charge is -2.19. The molecule has 2 heterocycles. The smallest absolute Gasteiger partial charge is 0.290 e. The number of hydrogen-bond acceptors (Lipinski definition) is 6. The Labute approximate surface area is 145 Å². The van der Waals surface area contributed by atoms with Crippen LogP contribution in [0, 0.1) is 13.8 Å². The standard InChI is InChI=1S/C13H21N5O.2CH2O2/c1-10-11(2)17(3)13(16-10)9-18(6-7-19)8-12-14-4-5-15-12;2*2-1-3/h4-5,19H,6-9H2,1-3H3,(H,14,15);2*1H,(H,2,3). The maximum Gasteiger partial charge on any atom is 0.290 e. The molecule has 0 aliphatic carbocycles. The lowest BCUT2D eigenvalue weighted by Crippen LogP contribution is -2.28. The molecule has 10 heteroatoms. The van der Waals surface area contributed by atoms with Crippen LogP contribution in [0.3, 0.4) is 0 Å². The first-order valence-electron chi connectivity index (χ1n) is 7.41.